The lowest BCUT2D eigenvalue weighted by molar-refractivity contribution is 0.360. The maximum Gasteiger partial charge on any atom is 0.178 e. The van der Waals surface area contributed by atoms with Crippen molar-refractivity contribution in [1.82, 2.24) is 0 Å². The number of benzene rings is 8. The first-order chi connectivity index (χ1) is 28.8. The molecule has 3 heteroatoms. The predicted molar refractivity (Wildman–Crippen MR) is 236 cm³/mol. The van der Waals surface area contributed by atoms with Gasteiger partial charge in [-0.15, -0.1) is 0 Å². The fraction of sp³-hybridized carbons (Fsp3) is 0.0545. The van der Waals surface area contributed by atoms with Crippen LogP contribution in [-0.4, -0.2) is 0 Å². The van der Waals surface area contributed by atoms with Gasteiger partial charge in [0.15, 0.2) is 23.0 Å². The van der Waals surface area contributed by atoms with Crippen LogP contribution in [0.15, 0.2) is 206 Å². The van der Waals surface area contributed by atoms with Gasteiger partial charge in [0.1, 0.15) is 0 Å². The van der Waals surface area contributed by atoms with Gasteiger partial charge in [0.25, 0.3) is 0 Å². The molecule has 4 aliphatic rings. The Morgan fingerprint density at radius 2 is 1.02 bits per heavy atom. The van der Waals surface area contributed by atoms with Crippen molar-refractivity contribution >= 4 is 22.6 Å². The second kappa shape index (κ2) is 12.8. The number of fused-ring (bicyclic) bond motifs is 12. The maximum absolute atomic E-state index is 7.21. The molecule has 1 unspecified atom stereocenters. The number of rotatable bonds is 5. The molecule has 1 atom stereocenters. The lowest BCUT2D eigenvalue weighted by Gasteiger charge is -2.34. The van der Waals surface area contributed by atoms with Gasteiger partial charge in [-0.3, -0.25) is 0 Å². The van der Waals surface area contributed by atoms with Gasteiger partial charge in [-0.25, -0.2) is 0 Å². The lowest BCUT2D eigenvalue weighted by Crippen LogP contribution is -2.27. The molecule has 0 radical (unpaired) electrons. The molecular weight excluding hydrogens is 707 g/mol. The number of hydrogen-bond donors (Lipinski definition) is 0. The van der Waals surface area contributed by atoms with Gasteiger partial charge in [-0.2, -0.15) is 0 Å². The molecule has 0 bridgehead atoms. The minimum atomic E-state index is -0.387. The third-order valence-electron chi connectivity index (χ3n) is 12.4. The Kier molecular flexibility index (Phi) is 7.27. The summed E-state index contributed by atoms with van der Waals surface area (Å²) in [4.78, 5) is 2.36. The molecule has 0 saturated heterocycles. The predicted octanol–water partition coefficient (Wildman–Crippen LogP) is 14.8. The molecule has 3 aliphatic carbocycles. The highest BCUT2D eigenvalue weighted by Crippen LogP contribution is 2.67. The van der Waals surface area contributed by atoms with E-state index < -0.39 is 0 Å². The largest absolute Gasteiger partial charge is 0.449 e. The minimum absolute atomic E-state index is 0.387. The molecule has 0 N–H and O–H groups in total. The Hall–Kier alpha value is -7.36. The van der Waals surface area contributed by atoms with Crippen LogP contribution in [0.2, 0.25) is 0 Å². The lowest BCUT2D eigenvalue weighted by atomic mass is 9.68. The Labute approximate surface area is 338 Å². The molecule has 0 aromatic heterocycles. The van der Waals surface area contributed by atoms with Crippen molar-refractivity contribution < 1.29 is 9.47 Å². The van der Waals surface area contributed by atoms with Crippen LogP contribution in [0.1, 0.15) is 35.1 Å². The minimum Gasteiger partial charge on any atom is -0.449 e. The van der Waals surface area contributed by atoms with Crippen molar-refractivity contribution in [2.45, 2.75) is 18.3 Å². The first-order valence-electron chi connectivity index (χ1n) is 20.2. The van der Waals surface area contributed by atoms with Crippen LogP contribution in [0.3, 0.4) is 0 Å². The van der Waals surface area contributed by atoms with Crippen molar-refractivity contribution in [3.8, 4) is 56.4 Å². The Morgan fingerprint density at radius 1 is 0.448 bits per heavy atom. The van der Waals surface area contributed by atoms with E-state index in [-0.39, 0.29) is 5.41 Å². The molecule has 1 aliphatic heterocycles. The van der Waals surface area contributed by atoms with E-state index in [1.807, 2.05) is 0 Å². The number of hydrogen-bond acceptors (Lipinski definition) is 3. The maximum atomic E-state index is 7.21. The highest BCUT2D eigenvalue weighted by molar-refractivity contribution is 6.00. The second-order valence-corrected chi connectivity index (χ2v) is 15.4. The van der Waals surface area contributed by atoms with Crippen LogP contribution in [0.5, 0.6) is 23.0 Å². The number of allylic oxidation sites excluding steroid dienone is 4. The number of para-hydroxylation sites is 2. The summed E-state index contributed by atoms with van der Waals surface area (Å²) in [5.41, 5.74) is 17.7. The van der Waals surface area contributed by atoms with E-state index >= 15 is 0 Å². The molecule has 1 spiro atoms. The van der Waals surface area contributed by atoms with Crippen LogP contribution in [0, 0.1) is 0 Å². The van der Waals surface area contributed by atoms with E-state index in [1.165, 1.54) is 39.0 Å². The molecule has 0 fully saturated rings. The number of ether oxygens (including phenoxy) is 2. The quantitative estimate of drug-likeness (QED) is 0.175. The monoisotopic (exact) mass is 743 g/mol. The van der Waals surface area contributed by atoms with Gasteiger partial charge in [-0.05, 0) is 93.3 Å². The third-order valence-corrected chi connectivity index (χ3v) is 12.4. The van der Waals surface area contributed by atoms with Crippen LogP contribution in [0.4, 0.5) is 17.1 Å². The van der Waals surface area contributed by atoms with Gasteiger partial charge in [0, 0.05) is 22.8 Å². The number of nitrogens with zero attached hydrogens (tertiary/aromatic N) is 1. The molecule has 8 aromatic carbocycles. The van der Waals surface area contributed by atoms with Gasteiger partial charge < -0.3 is 14.4 Å². The topological polar surface area (TPSA) is 21.7 Å². The summed E-state index contributed by atoms with van der Waals surface area (Å²) in [7, 11) is 0. The highest BCUT2D eigenvalue weighted by atomic mass is 16.6. The molecular formula is C55H37NO2. The fourth-order valence-electron chi connectivity index (χ4n) is 10.1. The third kappa shape index (κ3) is 4.68. The summed E-state index contributed by atoms with van der Waals surface area (Å²) in [6.45, 7) is 0. The highest BCUT2D eigenvalue weighted by Gasteiger charge is 2.54. The van der Waals surface area contributed by atoms with Gasteiger partial charge in [0.05, 0.1) is 22.5 Å². The summed E-state index contributed by atoms with van der Waals surface area (Å²) in [5, 5.41) is 0. The van der Waals surface area contributed by atoms with E-state index in [9.17, 15) is 0 Å². The van der Waals surface area contributed by atoms with E-state index in [0.29, 0.717) is 11.5 Å². The summed E-state index contributed by atoms with van der Waals surface area (Å²) >= 11 is 0. The van der Waals surface area contributed by atoms with Crippen molar-refractivity contribution in [2.75, 3.05) is 4.90 Å². The van der Waals surface area contributed by atoms with E-state index in [2.05, 4.69) is 205 Å². The van der Waals surface area contributed by atoms with Crippen molar-refractivity contribution in [3.05, 3.63) is 228 Å². The second-order valence-electron chi connectivity index (χ2n) is 15.4. The molecule has 3 nitrogen and oxygen atoms in total. The van der Waals surface area contributed by atoms with E-state index in [4.69, 9.17) is 9.47 Å². The van der Waals surface area contributed by atoms with E-state index in [1.54, 1.807) is 0 Å². The summed E-state index contributed by atoms with van der Waals surface area (Å²) in [6.07, 6.45) is 6.72. The standard InChI is InChI=1S/C55H37NO2/c1-3-17-36(18-4-1)39-21-10-15-29-48(39)56(49-30-16-11-22-40(49)37-19-5-2-6-20-37)38-31-33-50-52(35-38)58-54-51(57-50)34-32-47-53(54)43-25-9-14-28-46(43)55(47)44-26-12-7-23-41(44)42-24-8-13-27-45(42)55/h1-12,14-26,28-35H,13,27H2. The van der Waals surface area contributed by atoms with Gasteiger partial charge in [0.2, 0.25) is 0 Å². The van der Waals surface area contributed by atoms with E-state index in [0.717, 1.165) is 69.2 Å². The Morgan fingerprint density at radius 3 is 1.71 bits per heavy atom. The van der Waals surface area contributed by atoms with Crippen LogP contribution in [0.25, 0.3) is 39.0 Å². The average molecular weight is 744 g/mol. The van der Waals surface area contributed by atoms with Crippen LogP contribution >= 0.6 is 0 Å². The Bertz CT molecular complexity index is 2930. The van der Waals surface area contributed by atoms with Gasteiger partial charge in [-0.1, -0.05) is 164 Å². The molecule has 0 saturated carbocycles. The molecule has 58 heavy (non-hydrogen) atoms. The Balaban J connectivity index is 1.05. The first kappa shape index (κ1) is 32.8. The van der Waals surface area contributed by atoms with Crippen LogP contribution in [-0.2, 0) is 5.41 Å². The van der Waals surface area contributed by atoms with Crippen LogP contribution < -0.4 is 14.4 Å². The van der Waals surface area contributed by atoms with Gasteiger partial charge >= 0.3 is 0 Å². The molecule has 8 aromatic rings. The molecule has 0 amide bonds. The zero-order valence-electron chi connectivity index (χ0n) is 31.7. The SMILES string of the molecule is C1=CC2=C(CC1)C1(c3ccccc32)c2ccccc2-c2c1ccc1c2Oc2cc(N(c3ccccc3-c3ccccc3)c3ccccc3-c3ccccc3)ccc2O1. The molecule has 12 rings (SSSR count). The summed E-state index contributed by atoms with van der Waals surface area (Å²) in [5.74, 6) is 2.88. The molecule has 1 heterocycles. The van der Waals surface area contributed by atoms with Crippen molar-refractivity contribution in [2.24, 2.45) is 0 Å². The number of anilines is 3. The summed E-state index contributed by atoms with van der Waals surface area (Å²) in [6, 6.07) is 67.2. The zero-order valence-corrected chi connectivity index (χ0v) is 31.7. The first-order valence-corrected chi connectivity index (χ1v) is 20.2. The normalized spacial score (nSPS) is 16.3. The fourth-order valence-corrected chi connectivity index (χ4v) is 10.1. The summed E-state index contributed by atoms with van der Waals surface area (Å²) < 4.78 is 14.0. The van der Waals surface area contributed by atoms with Crippen molar-refractivity contribution in [3.63, 3.8) is 0 Å². The molecule has 274 valence electrons. The zero-order chi connectivity index (χ0) is 38.2. The smallest absolute Gasteiger partial charge is 0.178 e. The average Bonchev–Trinajstić information content (AvgIpc) is 3.77. The van der Waals surface area contributed by atoms with Crippen molar-refractivity contribution in [1.29, 1.82) is 0 Å².